The van der Waals surface area contributed by atoms with Crippen molar-refractivity contribution < 1.29 is 29.4 Å². The molecular weight excluding hydrogens is 332 g/mol. The minimum absolute atomic E-state index is 0.0735. The summed E-state index contributed by atoms with van der Waals surface area (Å²) in [5.74, 6) is -3.08. The summed E-state index contributed by atoms with van der Waals surface area (Å²) in [5, 5.41) is 25.2. The Kier molecular flexibility index (Phi) is 9.69. The van der Waals surface area contributed by atoms with Crippen LogP contribution in [0.25, 0.3) is 0 Å². The van der Waals surface area contributed by atoms with Crippen LogP contribution in [0.5, 0.6) is 0 Å². The lowest BCUT2D eigenvalue weighted by atomic mass is 10.0. The fourth-order valence-electron chi connectivity index (χ4n) is 1.85. The number of rotatable bonds is 10. The predicted molar refractivity (Wildman–Crippen MR) is 89.3 cm³/mol. The number of carboxylic acid groups (broad SMARTS) is 1. The molecule has 0 aromatic rings. The molecule has 10 nitrogen and oxygen atoms in total. The Hall–Kier alpha value is -2.20. The lowest BCUT2D eigenvalue weighted by molar-refractivity contribution is -0.142. The smallest absolute Gasteiger partial charge is 0.326 e. The second-order valence-corrected chi connectivity index (χ2v) is 6.30. The molecule has 0 saturated heterocycles. The summed E-state index contributed by atoms with van der Waals surface area (Å²) in [4.78, 5) is 46.3. The molecule has 0 fully saturated rings. The Morgan fingerprint density at radius 2 is 1.56 bits per heavy atom. The van der Waals surface area contributed by atoms with Crippen molar-refractivity contribution in [2.24, 2.45) is 11.7 Å². The monoisotopic (exact) mass is 360 g/mol. The number of amides is 3. The van der Waals surface area contributed by atoms with E-state index in [4.69, 9.17) is 10.8 Å². The van der Waals surface area contributed by atoms with Gasteiger partial charge >= 0.3 is 5.97 Å². The molecule has 144 valence electrons. The molecule has 0 heterocycles. The van der Waals surface area contributed by atoms with E-state index in [1.165, 1.54) is 13.8 Å². The van der Waals surface area contributed by atoms with Gasteiger partial charge in [-0.1, -0.05) is 13.8 Å². The molecule has 0 rings (SSSR count). The van der Waals surface area contributed by atoms with Crippen molar-refractivity contribution in [3.63, 3.8) is 0 Å². The van der Waals surface area contributed by atoms with Gasteiger partial charge in [0.05, 0.1) is 12.6 Å². The third-order valence-corrected chi connectivity index (χ3v) is 3.34. The Labute approximate surface area is 146 Å². The lowest BCUT2D eigenvalue weighted by Gasteiger charge is -2.19. The summed E-state index contributed by atoms with van der Waals surface area (Å²) in [6.07, 6.45) is -0.812. The number of nitrogens with two attached hydrogens (primary N) is 1. The van der Waals surface area contributed by atoms with Crippen LogP contribution in [0.3, 0.4) is 0 Å². The Morgan fingerprint density at radius 3 is 2.00 bits per heavy atom. The molecule has 0 aromatic heterocycles. The molecule has 0 unspecified atom stereocenters. The summed E-state index contributed by atoms with van der Waals surface area (Å²) < 4.78 is 0. The van der Waals surface area contributed by atoms with Gasteiger partial charge in [-0.05, 0) is 26.2 Å². The number of carbonyl (C=O) groups is 4. The minimum Gasteiger partial charge on any atom is -0.480 e. The van der Waals surface area contributed by atoms with E-state index in [0.29, 0.717) is 0 Å². The summed E-state index contributed by atoms with van der Waals surface area (Å²) in [5.41, 5.74) is 5.44. The number of carboxylic acids is 1. The van der Waals surface area contributed by atoms with Crippen molar-refractivity contribution >= 4 is 23.7 Å². The van der Waals surface area contributed by atoms with E-state index < -0.39 is 54.5 Å². The van der Waals surface area contributed by atoms with Gasteiger partial charge in [0, 0.05) is 0 Å². The molecule has 25 heavy (non-hydrogen) atoms. The van der Waals surface area contributed by atoms with E-state index in [9.17, 15) is 24.3 Å². The molecule has 7 N–H and O–H groups in total. The average molecular weight is 360 g/mol. The molecule has 0 saturated carbocycles. The van der Waals surface area contributed by atoms with Crippen molar-refractivity contribution in [2.75, 3.05) is 6.54 Å². The molecule has 10 heteroatoms. The lowest BCUT2D eigenvalue weighted by Crippen LogP contribution is -2.54. The number of hydrogen-bond donors (Lipinski definition) is 6. The molecule has 0 aliphatic heterocycles. The first-order valence-electron chi connectivity index (χ1n) is 7.99. The zero-order valence-electron chi connectivity index (χ0n) is 14.9. The highest BCUT2D eigenvalue weighted by Gasteiger charge is 2.24. The van der Waals surface area contributed by atoms with Crippen LogP contribution < -0.4 is 21.7 Å². The first kappa shape index (κ1) is 22.8. The van der Waals surface area contributed by atoms with Crippen LogP contribution in [0.15, 0.2) is 0 Å². The summed E-state index contributed by atoms with van der Waals surface area (Å²) in [6.45, 7) is 5.95. The zero-order chi connectivity index (χ0) is 19.7. The van der Waals surface area contributed by atoms with Crippen molar-refractivity contribution in [1.29, 1.82) is 0 Å². The van der Waals surface area contributed by atoms with Gasteiger partial charge in [-0.3, -0.25) is 14.4 Å². The van der Waals surface area contributed by atoms with Crippen molar-refractivity contribution in [2.45, 2.75) is 58.3 Å². The molecule has 0 radical (unpaired) electrons. The number of nitrogens with one attached hydrogen (secondary N) is 3. The van der Waals surface area contributed by atoms with Gasteiger partial charge in [0.2, 0.25) is 17.7 Å². The molecular formula is C15H28N4O6. The van der Waals surface area contributed by atoms with Gasteiger partial charge in [-0.25, -0.2) is 4.79 Å². The van der Waals surface area contributed by atoms with E-state index in [0.717, 1.165) is 0 Å². The van der Waals surface area contributed by atoms with Crippen LogP contribution >= 0.6 is 0 Å². The fraction of sp³-hybridized carbons (Fsp3) is 0.733. The predicted octanol–water partition coefficient (Wildman–Crippen LogP) is -2.07. The number of carbonyl (C=O) groups excluding carboxylic acids is 3. The topological polar surface area (TPSA) is 171 Å². The third-order valence-electron chi connectivity index (χ3n) is 3.34. The van der Waals surface area contributed by atoms with Crippen molar-refractivity contribution in [3.05, 3.63) is 0 Å². The van der Waals surface area contributed by atoms with Gasteiger partial charge < -0.3 is 31.9 Å². The maximum absolute atomic E-state index is 11.8. The van der Waals surface area contributed by atoms with Gasteiger partial charge in [0.25, 0.3) is 0 Å². The van der Waals surface area contributed by atoms with Crippen LogP contribution in [0, 0.1) is 5.92 Å². The van der Waals surface area contributed by atoms with Crippen molar-refractivity contribution in [3.8, 4) is 0 Å². The van der Waals surface area contributed by atoms with Gasteiger partial charge in [-0.15, -0.1) is 0 Å². The first-order valence-corrected chi connectivity index (χ1v) is 7.99. The number of hydrogen-bond acceptors (Lipinski definition) is 6. The molecule has 3 amide bonds. The Balaban J connectivity index is 4.41. The highest BCUT2D eigenvalue weighted by atomic mass is 16.4. The molecule has 0 aliphatic rings. The number of aliphatic hydroxyl groups excluding tert-OH is 1. The highest BCUT2D eigenvalue weighted by Crippen LogP contribution is 2.04. The molecule has 4 atom stereocenters. The summed E-state index contributed by atoms with van der Waals surface area (Å²) in [6, 6.07) is -3.19. The highest BCUT2D eigenvalue weighted by molar-refractivity contribution is 5.92. The van der Waals surface area contributed by atoms with Gasteiger partial charge in [-0.2, -0.15) is 0 Å². The number of aliphatic hydroxyl groups is 1. The standard InChI is InChI=1S/C15H28N4O6/c1-7(2)5-10(15(24)25)19-11(21)6-17-13(22)8(3)18-14(23)12(16)9(4)20/h7-10,12,20H,5-6,16H2,1-4H3,(H,17,22)(H,18,23)(H,19,21)(H,24,25)/t8-,9+,10-,12-/m0/s1. The van der Waals surface area contributed by atoms with Gasteiger partial charge in [0.1, 0.15) is 18.1 Å². The van der Waals surface area contributed by atoms with Crippen molar-refractivity contribution in [1.82, 2.24) is 16.0 Å². The Morgan fingerprint density at radius 1 is 1.00 bits per heavy atom. The quantitative estimate of drug-likeness (QED) is 0.260. The molecule has 0 spiro atoms. The summed E-state index contributed by atoms with van der Waals surface area (Å²) in [7, 11) is 0. The maximum atomic E-state index is 11.8. The first-order chi connectivity index (χ1) is 11.5. The molecule has 0 aromatic carbocycles. The maximum Gasteiger partial charge on any atom is 0.326 e. The normalized spacial score (nSPS) is 15.6. The summed E-state index contributed by atoms with van der Waals surface area (Å²) >= 11 is 0. The zero-order valence-corrected chi connectivity index (χ0v) is 14.9. The second kappa shape index (κ2) is 10.6. The van der Waals surface area contributed by atoms with E-state index in [-0.39, 0.29) is 12.3 Å². The van der Waals surface area contributed by atoms with E-state index in [1.807, 2.05) is 13.8 Å². The minimum atomic E-state index is -1.18. The third kappa shape index (κ3) is 9.01. The fourth-order valence-corrected chi connectivity index (χ4v) is 1.85. The Bertz CT molecular complexity index is 494. The van der Waals surface area contributed by atoms with E-state index in [2.05, 4.69) is 16.0 Å². The SMILES string of the molecule is CC(C)C[C@H](NC(=O)CNC(=O)[C@H](C)NC(=O)[C@@H](N)[C@@H](C)O)C(=O)O. The van der Waals surface area contributed by atoms with Crippen LogP contribution in [0.4, 0.5) is 0 Å². The largest absolute Gasteiger partial charge is 0.480 e. The average Bonchev–Trinajstić information content (AvgIpc) is 2.50. The van der Waals surface area contributed by atoms with Crippen LogP contribution in [0.2, 0.25) is 0 Å². The van der Waals surface area contributed by atoms with Crippen LogP contribution in [-0.2, 0) is 19.2 Å². The molecule has 0 aliphatic carbocycles. The second-order valence-electron chi connectivity index (χ2n) is 6.30. The van der Waals surface area contributed by atoms with E-state index in [1.54, 1.807) is 0 Å². The van der Waals surface area contributed by atoms with Gasteiger partial charge in [0.15, 0.2) is 0 Å². The van der Waals surface area contributed by atoms with E-state index >= 15 is 0 Å². The van der Waals surface area contributed by atoms with Crippen LogP contribution in [0.1, 0.15) is 34.1 Å². The molecule has 0 bridgehead atoms. The number of aliphatic carboxylic acids is 1. The van der Waals surface area contributed by atoms with Crippen LogP contribution in [-0.4, -0.2) is 64.7 Å².